The summed E-state index contributed by atoms with van der Waals surface area (Å²) in [6.45, 7) is 6.50. The monoisotopic (exact) mass is 278 g/mol. The molecular formula is C13H15BrN2. The molecule has 0 unspecified atom stereocenters. The van der Waals surface area contributed by atoms with E-state index in [2.05, 4.69) is 64.9 Å². The van der Waals surface area contributed by atoms with Crippen molar-refractivity contribution in [1.82, 2.24) is 9.97 Å². The first kappa shape index (κ1) is 11.5. The normalized spacial score (nSPS) is 11.3. The maximum absolute atomic E-state index is 4.49. The van der Waals surface area contributed by atoms with E-state index in [1.54, 1.807) is 0 Å². The van der Waals surface area contributed by atoms with Crippen molar-refractivity contribution < 1.29 is 0 Å². The molecule has 0 aliphatic heterocycles. The Kier molecular flexibility index (Phi) is 3.24. The number of nitrogens with zero attached hydrogens (tertiary/aromatic N) is 2. The van der Waals surface area contributed by atoms with E-state index in [1.165, 1.54) is 10.9 Å². The average molecular weight is 279 g/mol. The number of benzene rings is 1. The predicted octanol–water partition coefficient (Wildman–Crippen LogP) is 3.90. The minimum atomic E-state index is 0.602. The van der Waals surface area contributed by atoms with E-state index in [4.69, 9.17) is 0 Å². The van der Waals surface area contributed by atoms with Gasteiger partial charge in [0.25, 0.3) is 0 Å². The van der Waals surface area contributed by atoms with Crippen LogP contribution in [0.1, 0.15) is 25.1 Å². The third-order valence-corrected chi connectivity index (χ3v) is 2.94. The Morgan fingerprint density at radius 3 is 2.69 bits per heavy atom. The molecular weight excluding hydrogens is 264 g/mol. The van der Waals surface area contributed by atoms with Crippen molar-refractivity contribution in [2.24, 2.45) is 5.92 Å². The fraction of sp³-hybridized carbons (Fsp3) is 0.385. The van der Waals surface area contributed by atoms with Crippen LogP contribution in [0.2, 0.25) is 0 Å². The Morgan fingerprint density at radius 2 is 2.00 bits per heavy atom. The Morgan fingerprint density at radius 1 is 1.25 bits per heavy atom. The lowest BCUT2D eigenvalue weighted by Gasteiger charge is -2.09. The first-order valence-electron chi connectivity index (χ1n) is 5.49. The van der Waals surface area contributed by atoms with Gasteiger partial charge in [0.1, 0.15) is 0 Å². The molecule has 0 radical (unpaired) electrons. The Hall–Kier alpha value is -0.960. The molecule has 1 aromatic carbocycles. The second-order valence-electron chi connectivity index (χ2n) is 4.51. The number of hydrogen-bond acceptors (Lipinski definition) is 2. The summed E-state index contributed by atoms with van der Waals surface area (Å²) >= 11 is 3.39. The summed E-state index contributed by atoms with van der Waals surface area (Å²) in [5.41, 5.74) is 3.39. The summed E-state index contributed by atoms with van der Waals surface area (Å²) in [5.74, 6) is 0.602. The van der Waals surface area contributed by atoms with Gasteiger partial charge < -0.3 is 0 Å². The third kappa shape index (κ3) is 2.24. The van der Waals surface area contributed by atoms with E-state index < -0.39 is 0 Å². The first-order chi connectivity index (χ1) is 7.58. The van der Waals surface area contributed by atoms with Gasteiger partial charge in [-0.1, -0.05) is 32.0 Å². The fourth-order valence-corrected chi connectivity index (χ4v) is 2.26. The van der Waals surface area contributed by atoms with Crippen molar-refractivity contribution >= 4 is 26.8 Å². The highest BCUT2D eigenvalue weighted by molar-refractivity contribution is 9.10. The summed E-state index contributed by atoms with van der Waals surface area (Å²) in [6, 6.07) is 6.26. The Bertz CT molecular complexity index is 521. The molecule has 0 N–H and O–H groups in total. The molecule has 1 aromatic heterocycles. The van der Waals surface area contributed by atoms with Crippen LogP contribution in [0.25, 0.3) is 10.9 Å². The van der Waals surface area contributed by atoms with E-state index in [0.29, 0.717) is 10.7 Å². The number of halogens is 1. The van der Waals surface area contributed by atoms with Gasteiger partial charge in [0.05, 0.1) is 11.2 Å². The second kappa shape index (κ2) is 4.50. The van der Waals surface area contributed by atoms with E-state index in [9.17, 15) is 0 Å². The minimum Gasteiger partial charge on any atom is -0.227 e. The van der Waals surface area contributed by atoms with Gasteiger partial charge in [-0.15, -0.1) is 0 Å². The largest absolute Gasteiger partial charge is 0.227 e. The summed E-state index contributed by atoms with van der Waals surface area (Å²) in [5, 5.41) is 1.18. The van der Waals surface area contributed by atoms with Crippen LogP contribution in [0, 0.1) is 12.8 Å². The van der Waals surface area contributed by atoms with Crippen LogP contribution in [0.4, 0.5) is 0 Å². The molecule has 3 heteroatoms. The SMILES string of the molecule is Cc1cccc2c(CC(C)C)nc(Br)nc12. The van der Waals surface area contributed by atoms with Gasteiger partial charge >= 0.3 is 0 Å². The lowest BCUT2D eigenvalue weighted by atomic mass is 10.0. The van der Waals surface area contributed by atoms with Crippen molar-refractivity contribution in [2.45, 2.75) is 27.2 Å². The van der Waals surface area contributed by atoms with Gasteiger partial charge in [0.15, 0.2) is 4.73 Å². The zero-order valence-corrected chi connectivity index (χ0v) is 11.4. The smallest absolute Gasteiger partial charge is 0.197 e. The van der Waals surface area contributed by atoms with Crippen LogP contribution < -0.4 is 0 Å². The standard InChI is InChI=1S/C13H15BrN2/c1-8(2)7-11-10-6-4-5-9(3)12(10)16-13(14)15-11/h4-6,8H,7H2,1-3H3. The van der Waals surface area contributed by atoms with E-state index in [-0.39, 0.29) is 0 Å². The summed E-state index contributed by atoms with van der Waals surface area (Å²) in [7, 11) is 0. The highest BCUT2D eigenvalue weighted by Gasteiger charge is 2.09. The summed E-state index contributed by atoms with van der Waals surface area (Å²) < 4.78 is 0.685. The number of fused-ring (bicyclic) bond motifs is 1. The molecule has 2 nitrogen and oxygen atoms in total. The summed E-state index contributed by atoms with van der Waals surface area (Å²) in [6.07, 6.45) is 0.987. The molecule has 16 heavy (non-hydrogen) atoms. The van der Waals surface area contributed by atoms with Crippen molar-refractivity contribution in [3.8, 4) is 0 Å². The topological polar surface area (TPSA) is 25.8 Å². The van der Waals surface area contributed by atoms with E-state index in [0.717, 1.165) is 17.6 Å². The number of para-hydroxylation sites is 1. The minimum absolute atomic E-state index is 0.602. The van der Waals surface area contributed by atoms with E-state index >= 15 is 0 Å². The van der Waals surface area contributed by atoms with Crippen LogP contribution in [0.3, 0.4) is 0 Å². The quantitative estimate of drug-likeness (QED) is 0.779. The van der Waals surface area contributed by atoms with Crippen molar-refractivity contribution in [2.75, 3.05) is 0 Å². The maximum Gasteiger partial charge on any atom is 0.197 e. The first-order valence-corrected chi connectivity index (χ1v) is 6.29. The molecule has 0 fully saturated rings. The lowest BCUT2D eigenvalue weighted by Crippen LogP contribution is -2.01. The fourth-order valence-electron chi connectivity index (χ4n) is 1.87. The molecule has 0 saturated carbocycles. The van der Waals surface area contributed by atoms with Crippen LogP contribution in [-0.2, 0) is 6.42 Å². The van der Waals surface area contributed by atoms with Gasteiger partial charge in [-0.05, 0) is 40.8 Å². The number of rotatable bonds is 2. The highest BCUT2D eigenvalue weighted by atomic mass is 79.9. The van der Waals surface area contributed by atoms with Crippen molar-refractivity contribution in [3.63, 3.8) is 0 Å². The maximum atomic E-state index is 4.49. The molecule has 0 bridgehead atoms. The molecule has 0 aliphatic rings. The number of aryl methyl sites for hydroxylation is 1. The molecule has 0 spiro atoms. The Labute approximate surface area is 104 Å². The zero-order valence-electron chi connectivity index (χ0n) is 9.79. The van der Waals surface area contributed by atoms with Gasteiger partial charge in [-0.25, -0.2) is 9.97 Å². The molecule has 0 atom stereocenters. The molecule has 2 aromatic rings. The van der Waals surface area contributed by atoms with E-state index in [1.807, 2.05) is 0 Å². The molecule has 0 aliphatic carbocycles. The highest BCUT2D eigenvalue weighted by Crippen LogP contribution is 2.22. The van der Waals surface area contributed by atoms with Crippen LogP contribution in [0.5, 0.6) is 0 Å². The second-order valence-corrected chi connectivity index (χ2v) is 5.22. The molecule has 0 saturated heterocycles. The molecule has 0 amide bonds. The third-order valence-electron chi connectivity index (χ3n) is 2.58. The van der Waals surface area contributed by atoms with Gasteiger partial charge in [0, 0.05) is 5.39 Å². The predicted molar refractivity (Wildman–Crippen MR) is 70.5 cm³/mol. The van der Waals surface area contributed by atoms with Gasteiger partial charge in [-0.2, -0.15) is 0 Å². The molecule has 84 valence electrons. The number of hydrogen-bond donors (Lipinski definition) is 0. The van der Waals surface area contributed by atoms with Crippen molar-refractivity contribution in [3.05, 3.63) is 34.2 Å². The van der Waals surface area contributed by atoms with Crippen LogP contribution >= 0.6 is 15.9 Å². The summed E-state index contributed by atoms with van der Waals surface area (Å²) in [4.78, 5) is 8.94. The average Bonchev–Trinajstić information content (AvgIpc) is 2.18. The Balaban J connectivity index is 2.68. The molecule has 1 heterocycles. The number of aromatic nitrogens is 2. The van der Waals surface area contributed by atoms with Gasteiger partial charge in [0.2, 0.25) is 0 Å². The van der Waals surface area contributed by atoms with Crippen LogP contribution in [0.15, 0.2) is 22.9 Å². The lowest BCUT2D eigenvalue weighted by molar-refractivity contribution is 0.637. The van der Waals surface area contributed by atoms with Gasteiger partial charge in [-0.3, -0.25) is 0 Å². The van der Waals surface area contributed by atoms with Crippen molar-refractivity contribution in [1.29, 1.82) is 0 Å². The zero-order chi connectivity index (χ0) is 11.7. The molecule has 2 rings (SSSR count). The van der Waals surface area contributed by atoms with Crippen LogP contribution in [-0.4, -0.2) is 9.97 Å².